The number of nitrogens with zero attached hydrogens (tertiary/aromatic N) is 3. The third kappa shape index (κ3) is 2.16. The summed E-state index contributed by atoms with van der Waals surface area (Å²) in [6.45, 7) is 9.43. The molecule has 2 fully saturated rings. The molecule has 0 bridgehead atoms. The molecule has 3 rings (SSSR count). The lowest BCUT2D eigenvalue weighted by molar-refractivity contribution is -0.169. The van der Waals surface area contributed by atoms with E-state index < -0.39 is 0 Å². The Hall–Kier alpha value is -1.27. The van der Waals surface area contributed by atoms with Crippen LogP contribution in [0, 0.1) is 6.92 Å². The average molecular weight is 280 g/mol. The molecule has 0 aliphatic carbocycles. The SMILES string of the molecule is Cc1nn(C(C)C)c(N2CCC3(CC2)OCCO3)c1N. The first kappa shape index (κ1) is 13.7. The molecule has 3 heterocycles. The fraction of sp³-hybridized carbons (Fsp3) is 0.786. The average Bonchev–Trinajstić information content (AvgIpc) is 2.98. The Bertz CT molecular complexity index is 482. The van der Waals surface area contributed by atoms with Crippen molar-refractivity contribution in [1.82, 2.24) is 9.78 Å². The molecule has 2 aliphatic heterocycles. The van der Waals surface area contributed by atoms with E-state index in [0.717, 1.165) is 43.1 Å². The maximum absolute atomic E-state index is 6.23. The van der Waals surface area contributed by atoms with Crippen LogP contribution in [0.1, 0.15) is 38.4 Å². The summed E-state index contributed by atoms with van der Waals surface area (Å²) >= 11 is 0. The number of aromatic nitrogens is 2. The highest BCUT2D eigenvalue weighted by Crippen LogP contribution is 2.36. The lowest BCUT2D eigenvalue weighted by Crippen LogP contribution is -2.46. The van der Waals surface area contributed by atoms with Crippen LogP contribution < -0.4 is 10.6 Å². The first-order valence-electron chi connectivity index (χ1n) is 7.40. The van der Waals surface area contributed by atoms with Crippen molar-refractivity contribution >= 4 is 11.5 Å². The van der Waals surface area contributed by atoms with E-state index in [1.807, 2.05) is 11.6 Å². The monoisotopic (exact) mass is 280 g/mol. The Morgan fingerprint density at radius 3 is 2.35 bits per heavy atom. The van der Waals surface area contributed by atoms with Gasteiger partial charge in [0.15, 0.2) is 11.6 Å². The molecule has 0 amide bonds. The quantitative estimate of drug-likeness (QED) is 0.893. The van der Waals surface area contributed by atoms with Gasteiger partial charge >= 0.3 is 0 Å². The van der Waals surface area contributed by atoms with Crippen molar-refractivity contribution in [3.05, 3.63) is 5.69 Å². The summed E-state index contributed by atoms with van der Waals surface area (Å²) in [5, 5.41) is 4.56. The van der Waals surface area contributed by atoms with Crippen molar-refractivity contribution in [3.63, 3.8) is 0 Å². The largest absolute Gasteiger partial charge is 0.394 e. The van der Waals surface area contributed by atoms with E-state index in [-0.39, 0.29) is 5.79 Å². The molecule has 20 heavy (non-hydrogen) atoms. The fourth-order valence-electron chi connectivity index (χ4n) is 3.07. The first-order chi connectivity index (χ1) is 9.52. The number of nitrogen functional groups attached to an aromatic ring is 1. The van der Waals surface area contributed by atoms with Crippen LogP contribution in [0.15, 0.2) is 0 Å². The summed E-state index contributed by atoms with van der Waals surface area (Å²) in [4.78, 5) is 2.31. The van der Waals surface area contributed by atoms with Gasteiger partial charge in [-0.2, -0.15) is 5.10 Å². The highest BCUT2D eigenvalue weighted by Gasteiger charge is 2.40. The fourth-order valence-corrected chi connectivity index (χ4v) is 3.07. The Balaban J connectivity index is 1.81. The molecule has 0 unspecified atom stereocenters. The number of hydrogen-bond acceptors (Lipinski definition) is 5. The maximum Gasteiger partial charge on any atom is 0.171 e. The van der Waals surface area contributed by atoms with Crippen LogP contribution in [-0.2, 0) is 9.47 Å². The topological polar surface area (TPSA) is 65.5 Å². The highest BCUT2D eigenvalue weighted by atomic mass is 16.7. The van der Waals surface area contributed by atoms with Gasteiger partial charge in [0, 0.05) is 32.0 Å². The van der Waals surface area contributed by atoms with Crippen molar-refractivity contribution < 1.29 is 9.47 Å². The van der Waals surface area contributed by atoms with Crippen molar-refractivity contribution in [2.45, 2.75) is 45.4 Å². The van der Waals surface area contributed by atoms with Crippen LogP contribution in [0.3, 0.4) is 0 Å². The molecule has 2 aliphatic rings. The third-order valence-electron chi connectivity index (χ3n) is 4.23. The highest BCUT2D eigenvalue weighted by molar-refractivity contribution is 5.66. The van der Waals surface area contributed by atoms with E-state index in [0.29, 0.717) is 19.3 Å². The van der Waals surface area contributed by atoms with Gasteiger partial charge in [-0.25, -0.2) is 4.68 Å². The van der Waals surface area contributed by atoms with E-state index in [1.54, 1.807) is 0 Å². The molecule has 0 atom stereocenters. The lowest BCUT2D eigenvalue weighted by atomic mass is 10.0. The third-order valence-corrected chi connectivity index (χ3v) is 4.23. The normalized spacial score (nSPS) is 22.1. The summed E-state index contributed by atoms with van der Waals surface area (Å²) in [6, 6.07) is 0.302. The molecular weight excluding hydrogens is 256 g/mol. The summed E-state index contributed by atoms with van der Waals surface area (Å²) in [6.07, 6.45) is 1.77. The summed E-state index contributed by atoms with van der Waals surface area (Å²) in [5.41, 5.74) is 7.93. The Kier molecular flexibility index (Phi) is 3.38. The molecule has 0 aromatic carbocycles. The number of aryl methyl sites for hydroxylation is 1. The number of rotatable bonds is 2. The number of hydrogen-bond donors (Lipinski definition) is 1. The molecule has 2 N–H and O–H groups in total. The van der Waals surface area contributed by atoms with E-state index in [1.165, 1.54) is 0 Å². The van der Waals surface area contributed by atoms with Crippen molar-refractivity contribution in [1.29, 1.82) is 0 Å². The molecule has 6 heteroatoms. The minimum Gasteiger partial charge on any atom is -0.394 e. The molecule has 0 radical (unpaired) electrons. The van der Waals surface area contributed by atoms with Crippen molar-refractivity contribution in [2.75, 3.05) is 36.9 Å². The van der Waals surface area contributed by atoms with Crippen LogP contribution in [0.25, 0.3) is 0 Å². The molecule has 6 nitrogen and oxygen atoms in total. The van der Waals surface area contributed by atoms with Gasteiger partial charge < -0.3 is 20.1 Å². The maximum atomic E-state index is 6.23. The standard InChI is InChI=1S/C14H24N4O2/c1-10(2)18-13(12(15)11(3)16-18)17-6-4-14(5-7-17)19-8-9-20-14/h10H,4-9,15H2,1-3H3. The molecule has 112 valence electrons. The van der Waals surface area contributed by atoms with E-state index in [4.69, 9.17) is 15.2 Å². The van der Waals surface area contributed by atoms with Gasteiger partial charge in [0.1, 0.15) is 0 Å². The first-order valence-corrected chi connectivity index (χ1v) is 7.40. The lowest BCUT2D eigenvalue weighted by Gasteiger charge is -2.39. The molecule has 1 aromatic rings. The van der Waals surface area contributed by atoms with Crippen LogP contribution >= 0.6 is 0 Å². The zero-order valence-corrected chi connectivity index (χ0v) is 12.6. The molecule has 1 spiro atoms. The number of nitrogens with two attached hydrogens (primary N) is 1. The predicted molar refractivity (Wildman–Crippen MR) is 77.8 cm³/mol. The van der Waals surface area contributed by atoms with Crippen molar-refractivity contribution in [2.24, 2.45) is 0 Å². The van der Waals surface area contributed by atoms with Gasteiger partial charge in [0.2, 0.25) is 0 Å². The van der Waals surface area contributed by atoms with Crippen LogP contribution in [0.4, 0.5) is 11.5 Å². The molecule has 1 aromatic heterocycles. The zero-order chi connectivity index (χ0) is 14.3. The second-order valence-corrected chi connectivity index (χ2v) is 5.96. The van der Waals surface area contributed by atoms with Gasteiger partial charge in [0.25, 0.3) is 0 Å². The smallest absolute Gasteiger partial charge is 0.171 e. The number of piperidine rings is 1. The summed E-state index contributed by atoms with van der Waals surface area (Å²) in [5.74, 6) is 0.702. The van der Waals surface area contributed by atoms with E-state index in [9.17, 15) is 0 Å². The van der Waals surface area contributed by atoms with Gasteiger partial charge in [-0.1, -0.05) is 0 Å². The Labute approximate surface area is 119 Å². The molecule has 0 saturated carbocycles. The zero-order valence-electron chi connectivity index (χ0n) is 12.6. The minimum absolute atomic E-state index is 0.302. The van der Waals surface area contributed by atoms with E-state index in [2.05, 4.69) is 23.8 Å². The van der Waals surface area contributed by atoms with Gasteiger partial charge in [0.05, 0.1) is 24.6 Å². The Morgan fingerprint density at radius 1 is 1.20 bits per heavy atom. The summed E-state index contributed by atoms with van der Waals surface area (Å²) in [7, 11) is 0. The predicted octanol–water partition coefficient (Wildman–Crippen LogP) is 1.70. The Morgan fingerprint density at radius 2 is 1.80 bits per heavy atom. The van der Waals surface area contributed by atoms with Crippen LogP contribution in [-0.4, -0.2) is 41.9 Å². The van der Waals surface area contributed by atoms with Crippen molar-refractivity contribution in [3.8, 4) is 0 Å². The van der Waals surface area contributed by atoms with E-state index >= 15 is 0 Å². The minimum atomic E-state index is -0.344. The van der Waals surface area contributed by atoms with Crippen LogP contribution in [0.5, 0.6) is 0 Å². The van der Waals surface area contributed by atoms with Gasteiger partial charge in [-0.15, -0.1) is 0 Å². The van der Waals surface area contributed by atoms with Gasteiger partial charge in [-0.3, -0.25) is 0 Å². The van der Waals surface area contributed by atoms with Crippen LogP contribution in [0.2, 0.25) is 0 Å². The molecular formula is C14H24N4O2. The molecule has 2 saturated heterocycles. The number of ether oxygens (including phenoxy) is 2. The number of anilines is 2. The second kappa shape index (κ2) is 4.93. The second-order valence-electron chi connectivity index (χ2n) is 5.96. The van der Waals surface area contributed by atoms with Gasteiger partial charge in [-0.05, 0) is 20.8 Å². The summed E-state index contributed by atoms with van der Waals surface area (Å²) < 4.78 is 13.6.